The summed E-state index contributed by atoms with van der Waals surface area (Å²) in [5.41, 5.74) is 1.54. The lowest BCUT2D eigenvalue weighted by Crippen LogP contribution is -2.53. The highest BCUT2D eigenvalue weighted by molar-refractivity contribution is 5.90. The van der Waals surface area contributed by atoms with Gasteiger partial charge in [-0.05, 0) is 81.4 Å². The smallest absolute Gasteiger partial charge is 0.391 e. The minimum atomic E-state index is -4.16. The summed E-state index contributed by atoms with van der Waals surface area (Å²) in [6.07, 6.45) is 0.810. The topological polar surface area (TPSA) is 73.6 Å². The van der Waals surface area contributed by atoms with Crippen LogP contribution in [0.15, 0.2) is 30.3 Å². The van der Waals surface area contributed by atoms with Crippen molar-refractivity contribution in [2.24, 2.45) is 11.8 Å². The number of alkyl halides is 3. The van der Waals surface area contributed by atoms with E-state index in [1.165, 1.54) is 0 Å². The zero-order valence-corrected chi connectivity index (χ0v) is 21.0. The van der Waals surface area contributed by atoms with Crippen LogP contribution in [0.2, 0.25) is 0 Å². The van der Waals surface area contributed by atoms with E-state index in [1.807, 2.05) is 18.2 Å². The number of aliphatic carboxylic acids is 1. The van der Waals surface area contributed by atoms with Gasteiger partial charge in [0.2, 0.25) is 0 Å². The van der Waals surface area contributed by atoms with Crippen molar-refractivity contribution in [1.29, 1.82) is 5.26 Å². The molecule has 2 bridgehead atoms. The van der Waals surface area contributed by atoms with Crippen molar-refractivity contribution < 1.29 is 27.8 Å². The van der Waals surface area contributed by atoms with Crippen molar-refractivity contribution in [3.8, 4) is 11.8 Å². The van der Waals surface area contributed by atoms with Crippen molar-refractivity contribution >= 4 is 16.7 Å². The highest BCUT2D eigenvalue weighted by atomic mass is 19.4. The number of piperidine rings is 2. The number of hydrogen-bond donors (Lipinski definition) is 1. The summed E-state index contributed by atoms with van der Waals surface area (Å²) in [6, 6.07) is 12.6. The van der Waals surface area contributed by atoms with Gasteiger partial charge in [0.15, 0.2) is 0 Å². The van der Waals surface area contributed by atoms with E-state index < -0.39 is 18.1 Å². The molecule has 198 valence electrons. The van der Waals surface area contributed by atoms with Crippen molar-refractivity contribution in [3.63, 3.8) is 0 Å². The molecule has 0 aromatic heterocycles. The van der Waals surface area contributed by atoms with Gasteiger partial charge >= 0.3 is 12.1 Å². The molecule has 5 rings (SSSR count). The molecule has 8 heteroatoms. The van der Waals surface area contributed by atoms with E-state index in [9.17, 15) is 28.3 Å². The van der Waals surface area contributed by atoms with Gasteiger partial charge in [-0.2, -0.15) is 18.4 Å². The van der Waals surface area contributed by atoms with Crippen molar-refractivity contribution in [1.82, 2.24) is 4.90 Å². The minimum absolute atomic E-state index is 0.0522. The maximum atomic E-state index is 13.0. The van der Waals surface area contributed by atoms with Crippen LogP contribution >= 0.6 is 0 Å². The summed E-state index contributed by atoms with van der Waals surface area (Å²) in [4.78, 5) is 14.1. The van der Waals surface area contributed by atoms with Crippen LogP contribution in [-0.2, 0) is 4.79 Å². The summed E-state index contributed by atoms with van der Waals surface area (Å²) in [6.45, 7) is 2.17. The Bertz CT molecular complexity index is 1190. The molecule has 2 aromatic carbocycles. The first-order valence-electron chi connectivity index (χ1n) is 13.4. The molecule has 3 aliphatic rings. The average Bonchev–Trinajstić information content (AvgIpc) is 2.86. The second kappa shape index (κ2) is 10.2. The van der Waals surface area contributed by atoms with Gasteiger partial charge in [0, 0.05) is 23.5 Å². The van der Waals surface area contributed by atoms with E-state index in [4.69, 9.17) is 4.74 Å². The highest BCUT2D eigenvalue weighted by Crippen LogP contribution is 2.43. The number of carboxylic acids is 1. The van der Waals surface area contributed by atoms with Gasteiger partial charge < -0.3 is 9.84 Å². The van der Waals surface area contributed by atoms with Crippen LogP contribution in [0.1, 0.15) is 81.9 Å². The second-order valence-electron chi connectivity index (χ2n) is 11.0. The Balaban J connectivity index is 1.34. The van der Waals surface area contributed by atoms with E-state index in [2.05, 4.69) is 24.0 Å². The summed E-state index contributed by atoms with van der Waals surface area (Å²) in [5.74, 6) is -1.80. The van der Waals surface area contributed by atoms with Gasteiger partial charge in [-0.15, -0.1) is 0 Å². The summed E-state index contributed by atoms with van der Waals surface area (Å²) < 4.78 is 45.1. The maximum absolute atomic E-state index is 13.0. The number of carboxylic acid groups (broad SMARTS) is 1. The van der Waals surface area contributed by atoms with Crippen molar-refractivity contribution in [3.05, 3.63) is 41.5 Å². The lowest BCUT2D eigenvalue weighted by molar-refractivity contribution is -0.185. The van der Waals surface area contributed by atoms with E-state index in [-0.39, 0.29) is 43.0 Å². The molecule has 2 saturated heterocycles. The summed E-state index contributed by atoms with van der Waals surface area (Å²) in [7, 11) is 0. The number of nitriles is 1. The Morgan fingerprint density at radius 1 is 1.08 bits per heavy atom. The minimum Gasteiger partial charge on any atom is -0.489 e. The molecule has 3 fully saturated rings. The van der Waals surface area contributed by atoms with Crippen molar-refractivity contribution in [2.75, 3.05) is 0 Å². The first-order chi connectivity index (χ1) is 17.7. The summed E-state index contributed by atoms with van der Waals surface area (Å²) >= 11 is 0. The van der Waals surface area contributed by atoms with Crippen molar-refractivity contribution in [2.45, 2.75) is 95.1 Å². The van der Waals surface area contributed by atoms with Crippen LogP contribution in [0.4, 0.5) is 13.2 Å². The number of ether oxygens (including phenoxy) is 1. The number of carbonyl (C=O) groups is 1. The number of nitrogens with zero attached hydrogens (tertiary/aromatic N) is 2. The van der Waals surface area contributed by atoms with Crippen LogP contribution in [-0.4, -0.2) is 40.3 Å². The van der Waals surface area contributed by atoms with E-state index in [0.29, 0.717) is 37.0 Å². The third-order valence-corrected chi connectivity index (χ3v) is 8.86. The Kier molecular flexibility index (Phi) is 7.10. The van der Waals surface area contributed by atoms with Gasteiger partial charge in [0.1, 0.15) is 17.4 Å². The Morgan fingerprint density at radius 3 is 2.35 bits per heavy atom. The fourth-order valence-corrected chi connectivity index (χ4v) is 6.91. The van der Waals surface area contributed by atoms with Crippen LogP contribution in [0.3, 0.4) is 0 Å². The van der Waals surface area contributed by atoms with E-state index in [0.717, 1.165) is 35.6 Å². The predicted molar refractivity (Wildman–Crippen MR) is 133 cm³/mol. The molecule has 1 aliphatic carbocycles. The van der Waals surface area contributed by atoms with Crippen LogP contribution in [0.5, 0.6) is 5.75 Å². The zero-order chi connectivity index (χ0) is 26.3. The SMILES string of the molecule is CC(c1ccc2c(C#N)c(O[C@H]3CC[C@H](C(F)(F)F)CC3)ccc2c1)N1C2CCCC1CC(C(=O)O)C2. The number of rotatable bonds is 5. The van der Waals surface area contributed by atoms with Gasteiger partial charge in [0.05, 0.1) is 17.9 Å². The van der Waals surface area contributed by atoms with Gasteiger partial charge in [-0.1, -0.05) is 24.6 Å². The Hall–Kier alpha value is -2.79. The standard InChI is InChI=1S/C29H33F3N2O3/c1-17(34-22-3-2-4-23(34)15-20(14-22)28(35)36)18-5-11-25-19(13-18)6-12-27(26(25)16-33)37-24-9-7-21(8-10-24)29(30,31)32/h5-6,11-13,17,20-24H,2-4,7-10,14-15H2,1H3,(H,35,36)/t17?,20?,21-,22?,23?,24-. The molecule has 37 heavy (non-hydrogen) atoms. The van der Waals surface area contributed by atoms with Crippen LogP contribution < -0.4 is 4.74 Å². The number of benzene rings is 2. The zero-order valence-electron chi connectivity index (χ0n) is 21.0. The molecule has 5 nitrogen and oxygen atoms in total. The monoisotopic (exact) mass is 514 g/mol. The Morgan fingerprint density at radius 2 is 1.76 bits per heavy atom. The molecule has 1 N–H and O–H groups in total. The predicted octanol–water partition coefficient (Wildman–Crippen LogP) is 6.99. The second-order valence-corrected chi connectivity index (χ2v) is 11.0. The first-order valence-corrected chi connectivity index (χ1v) is 13.4. The van der Waals surface area contributed by atoms with Crippen LogP contribution in [0, 0.1) is 23.2 Å². The molecular weight excluding hydrogens is 481 g/mol. The quantitative estimate of drug-likeness (QED) is 0.466. The third kappa shape index (κ3) is 5.16. The highest BCUT2D eigenvalue weighted by Gasteiger charge is 2.43. The largest absolute Gasteiger partial charge is 0.489 e. The fourth-order valence-electron chi connectivity index (χ4n) is 6.91. The van der Waals surface area contributed by atoms with Gasteiger partial charge in [-0.25, -0.2) is 0 Å². The molecule has 0 spiro atoms. The number of hydrogen-bond acceptors (Lipinski definition) is 4. The van der Waals surface area contributed by atoms with Gasteiger partial charge in [0.25, 0.3) is 0 Å². The molecule has 1 saturated carbocycles. The Labute approximate surface area is 215 Å². The molecule has 2 heterocycles. The molecule has 0 radical (unpaired) electrons. The third-order valence-electron chi connectivity index (χ3n) is 8.86. The molecule has 0 amide bonds. The van der Waals surface area contributed by atoms with Crippen LogP contribution in [0.25, 0.3) is 10.8 Å². The molecular formula is C29H33F3N2O3. The molecule has 2 aromatic rings. The normalized spacial score (nSPS) is 29.4. The first kappa shape index (κ1) is 25.8. The maximum Gasteiger partial charge on any atom is 0.391 e. The number of halogens is 3. The van der Waals surface area contributed by atoms with Gasteiger partial charge in [-0.3, -0.25) is 9.69 Å². The lowest BCUT2D eigenvalue weighted by atomic mass is 9.77. The van der Waals surface area contributed by atoms with E-state index in [1.54, 1.807) is 6.07 Å². The van der Waals surface area contributed by atoms with E-state index >= 15 is 0 Å². The molecule has 2 aliphatic heterocycles. The number of fused-ring (bicyclic) bond motifs is 3. The molecule has 3 unspecified atom stereocenters. The summed E-state index contributed by atoms with van der Waals surface area (Å²) in [5, 5.41) is 21.2. The lowest BCUT2D eigenvalue weighted by Gasteiger charge is -2.51. The average molecular weight is 515 g/mol. The fraction of sp³-hybridized carbons (Fsp3) is 0.586. The molecule has 3 atom stereocenters.